The van der Waals surface area contributed by atoms with Crippen LogP contribution in [0.5, 0.6) is 0 Å². The van der Waals surface area contributed by atoms with Gasteiger partial charge in [-0.1, -0.05) is 19.3 Å². The Kier molecular flexibility index (Phi) is 3.23. The molecule has 0 radical (unpaired) electrons. The van der Waals surface area contributed by atoms with Crippen molar-refractivity contribution in [2.75, 3.05) is 5.73 Å². The summed E-state index contributed by atoms with van der Waals surface area (Å²) in [5, 5.41) is 0. The molecule has 0 saturated heterocycles. The highest BCUT2D eigenvalue weighted by molar-refractivity contribution is 5.49. The maximum atomic E-state index is 13.2. The van der Waals surface area contributed by atoms with Gasteiger partial charge in [-0.15, -0.1) is 0 Å². The molecule has 1 saturated carbocycles. The fourth-order valence-corrected chi connectivity index (χ4v) is 2.90. The van der Waals surface area contributed by atoms with E-state index >= 15 is 0 Å². The van der Waals surface area contributed by atoms with E-state index < -0.39 is 0 Å². The van der Waals surface area contributed by atoms with Gasteiger partial charge in [0, 0.05) is 23.5 Å². The molecule has 0 unspecified atom stereocenters. The SMILES string of the molecule is Nc1cc(-n2cncc2C2CCCCC2)ccc1F. The fraction of sp³-hybridized carbons (Fsp3) is 0.400. The lowest BCUT2D eigenvalue weighted by Crippen LogP contribution is -2.09. The van der Waals surface area contributed by atoms with Gasteiger partial charge in [-0.2, -0.15) is 0 Å². The van der Waals surface area contributed by atoms with Crippen molar-refractivity contribution < 1.29 is 4.39 Å². The number of rotatable bonds is 2. The Morgan fingerprint density at radius 1 is 1.21 bits per heavy atom. The van der Waals surface area contributed by atoms with Gasteiger partial charge in [0.2, 0.25) is 0 Å². The van der Waals surface area contributed by atoms with Gasteiger partial charge in [0.15, 0.2) is 0 Å². The Morgan fingerprint density at radius 2 is 2.00 bits per heavy atom. The molecule has 0 bridgehead atoms. The van der Waals surface area contributed by atoms with E-state index in [0.29, 0.717) is 5.92 Å². The summed E-state index contributed by atoms with van der Waals surface area (Å²) in [5.74, 6) is 0.186. The van der Waals surface area contributed by atoms with E-state index in [1.807, 2.05) is 10.8 Å². The zero-order valence-electron chi connectivity index (χ0n) is 10.8. The smallest absolute Gasteiger partial charge is 0.146 e. The van der Waals surface area contributed by atoms with Crippen LogP contribution >= 0.6 is 0 Å². The standard InChI is InChI=1S/C15H18FN3/c16-13-7-6-12(8-14(13)17)19-10-18-9-15(19)11-4-2-1-3-5-11/h6-11H,1-5,17H2. The molecule has 100 valence electrons. The number of hydrogen-bond acceptors (Lipinski definition) is 2. The number of nitrogen functional groups attached to an aromatic ring is 1. The number of aromatic nitrogens is 2. The number of hydrogen-bond donors (Lipinski definition) is 1. The first kappa shape index (κ1) is 12.2. The normalized spacial score (nSPS) is 16.7. The van der Waals surface area contributed by atoms with Crippen LogP contribution in [-0.2, 0) is 0 Å². The monoisotopic (exact) mass is 259 g/mol. The molecule has 3 nitrogen and oxygen atoms in total. The molecule has 0 aliphatic heterocycles. The lowest BCUT2D eigenvalue weighted by molar-refractivity contribution is 0.433. The molecular formula is C15H18FN3. The Balaban J connectivity index is 1.96. The second-order valence-electron chi connectivity index (χ2n) is 5.23. The third-order valence-corrected chi connectivity index (χ3v) is 3.95. The molecule has 1 aliphatic carbocycles. The van der Waals surface area contributed by atoms with Gasteiger partial charge in [-0.25, -0.2) is 9.37 Å². The molecule has 19 heavy (non-hydrogen) atoms. The van der Waals surface area contributed by atoms with Crippen molar-refractivity contribution in [1.82, 2.24) is 9.55 Å². The van der Waals surface area contributed by atoms with Crippen LogP contribution in [0.25, 0.3) is 5.69 Å². The van der Waals surface area contributed by atoms with Crippen molar-refractivity contribution in [1.29, 1.82) is 0 Å². The van der Waals surface area contributed by atoms with Crippen LogP contribution in [0.2, 0.25) is 0 Å². The van der Waals surface area contributed by atoms with Crippen LogP contribution in [0.4, 0.5) is 10.1 Å². The topological polar surface area (TPSA) is 43.8 Å². The van der Waals surface area contributed by atoms with Crippen molar-refractivity contribution in [3.8, 4) is 5.69 Å². The molecule has 0 spiro atoms. The second-order valence-corrected chi connectivity index (χ2v) is 5.23. The Labute approximate surface area is 112 Å². The van der Waals surface area contributed by atoms with Gasteiger partial charge >= 0.3 is 0 Å². The molecule has 1 heterocycles. The van der Waals surface area contributed by atoms with Gasteiger partial charge in [-0.05, 0) is 31.0 Å². The van der Waals surface area contributed by atoms with Crippen LogP contribution in [0, 0.1) is 5.82 Å². The molecule has 2 aromatic rings. The molecule has 1 aliphatic rings. The maximum absolute atomic E-state index is 13.2. The minimum absolute atomic E-state index is 0.181. The Morgan fingerprint density at radius 3 is 2.74 bits per heavy atom. The van der Waals surface area contributed by atoms with Crippen LogP contribution in [0.3, 0.4) is 0 Å². The summed E-state index contributed by atoms with van der Waals surface area (Å²) in [7, 11) is 0. The second kappa shape index (κ2) is 5.03. The number of anilines is 1. The molecule has 0 amide bonds. The van der Waals surface area contributed by atoms with Gasteiger partial charge in [-0.3, -0.25) is 0 Å². The van der Waals surface area contributed by atoms with Crippen molar-refractivity contribution in [2.45, 2.75) is 38.0 Å². The van der Waals surface area contributed by atoms with Crippen molar-refractivity contribution in [2.24, 2.45) is 0 Å². The fourth-order valence-electron chi connectivity index (χ4n) is 2.90. The lowest BCUT2D eigenvalue weighted by atomic mass is 9.87. The summed E-state index contributed by atoms with van der Waals surface area (Å²) in [6.45, 7) is 0. The highest BCUT2D eigenvalue weighted by atomic mass is 19.1. The number of halogens is 1. The number of nitrogens with two attached hydrogens (primary N) is 1. The van der Waals surface area contributed by atoms with Gasteiger partial charge < -0.3 is 10.3 Å². The van der Waals surface area contributed by atoms with E-state index in [9.17, 15) is 4.39 Å². The molecule has 0 atom stereocenters. The third-order valence-electron chi connectivity index (χ3n) is 3.95. The van der Waals surface area contributed by atoms with Crippen LogP contribution in [-0.4, -0.2) is 9.55 Å². The highest BCUT2D eigenvalue weighted by Crippen LogP contribution is 2.33. The molecule has 4 heteroatoms. The number of imidazole rings is 1. The van der Waals surface area contributed by atoms with Crippen LogP contribution < -0.4 is 5.73 Å². The molecule has 1 fully saturated rings. The summed E-state index contributed by atoms with van der Waals surface area (Å²) >= 11 is 0. The highest BCUT2D eigenvalue weighted by Gasteiger charge is 2.19. The number of benzene rings is 1. The van der Waals surface area contributed by atoms with E-state index in [0.717, 1.165) is 5.69 Å². The van der Waals surface area contributed by atoms with E-state index in [2.05, 4.69) is 4.98 Å². The zero-order valence-corrected chi connectivity index (χ0v) is 10.8. The molecule has 1 aromatic heterocycles. The predicted octanol–water partition coefficient (Wildman–Crippen LogP) is 3.64. The average molecular weight is 259 g/mol. The largest absolute Gasteiger partial charge is 0.396 e. The molecule has 3 rings (SSSR count). The minimum atomic E-state index is -0.372. The number of nitrogens with zero attached hydrogens (tertiary/aromatic N) is 2. The third kappa shape index (κ3) is 2.35. The Bertz CT molecular complexity index is 571. The van der Waals surface area contributed by atoms with Crippen LogP contribution in [0.1, 0.15) is 43.7 Å². The first-order valence-electron chi connectivity index (χ1n) is 6.83. The molecular weight excluding hydrogens is 241 g/mol. The maximum Gasteiger partial charge on any atom is 0.146 e. The molecule has 1 aromatic carbocycles. The summed E-state index contributed by atoms with van der Waals surface area (Å²) in [6, 6.07) is 4.83. The summed E-state index contributed by atoms with van der Waals surface area (Å²) in [4.78, 5) is 4.25. The van der Waals surface area contributed by atoms with Crippen molar-refractivity contribution in [3.63, 3.8) is 0 Å². The zero-order chi connectivity index (χ0) is 13.2. The van der Waals surface area contributed by atoms with Crippen molar-refractivity contribution >= 4 is 5.69 Å². The van der Waals surface area contributed by atoms with Gasteiger partial charge in [0.1, 0.15) is 5.82 Å². The van der Waals surface area contributed by atoms with E-state index in [-0.39, 0.29) is 11.5 Å². The average Bonchev–Trinajstić information content (AvgIpc) is 2.92. The minimum Gasteiger partial charge on any atom is -0.396 e. The first-order chi connectivity index (χ1) is 9.25. The van der Waals surface area contributed by atoms with E-state index in [1.165, 1.54) is 43.9 Å². The van der Waals surface area contributed by atoms with Crippen LogP contribution in [0.15, 0.2) is 30.7 Å². The van der Waals surface area contributed by atoms with Gasteiger partial charge in [0.05, 0.1) is 12.0 Å². The van der Waals surface area contributed by atoms with E-state index in [4.69, 9.17) is 5.73 Å². The summed E-state index contributed by atoms with van der Waals surface area (Å²) < 4.78 is 15.3. The summed E-state index contributed by atoms with van der Waals surface area (Å²) in [6.07, 6.45) is 10.0. The van der Waals surface area contributed by atoms with E-state index in [1.54, 1.807) is 18.5 Å². The van der Waals surface area contributed by atoms with Gasteiger partial charge in [0.25, 0.3) is 0 Å². The summed E-state index contributed by atoms with van der Waals surface area (Å²) in [5.41, 5.74) is 7.93. The predicted molar refractivity (Wildman–Crippen MR) is 73.8 cm³/mol. The Hall–Kier alpha value is -1.84. The molecule has 2 N–H and O–H groups in total. The quantitative estimate of drug-likeness (QED) is 0.837. The van der Waals surface area contributed by atoms with Crippen molar-refractivity contribution in [3.05, 3.63) is 42.2 Å². The first-order valence-corrected chi connectivity index (χ1v) is 6.83. The lowest BCUT2D eigenvalue weighted by Gasteiger charge is -2.22.